The van der Waals surface area contributed by atoms with Crippen LogP contribution in [0.25, 0.3) is 10.9 Å². The van der Waals surface area contributed by atoms with E-state index in [9.17, 15) is 9.59 Å². The van der Waals surface area contributed by atoms with Crippen LogP contribution in [0.15, 0.2) is 30.5 Å². The molecule has 0 spiro atoms. The molecule has 3 N–H and O–H groups in total. The molecule has 1 aromatic heterocycles. The van der Waals surface area contributed by atoms with Crippen molar-refractivity contribution in [3.05, 3.63) is 36.0 Å². The minimum absolute atomic E-state index is 0.0209. The van der Waals surface area contributed by atoms with E-state index in [1.807, 2.05) is 24.4 Å². The quantitative estimate of drug-likeness (QED) is 0.462. The van der Waals surface area contributed by atoms with Gasteiger partial charge in [-0.2, -0.15) is 0 Å². The SMILES string of the molecule is CC1CCC(C(=O)NC(Cc2c[nH]c3ccccc23)C(=O)NCCCN2CC(C)CC(C)C2)CC1. The molecule has 2 amide bonds. The fourth-order valence-corrected chi connectivity index (χ4v) is 6.15. The number of nitrogens with one attached hydrogen (secondary N) is 3. The van der Waals surface area contributed by atoms with Gasteiger partial charge in [0, 0.05) is 49.1 Å². The molecular weight excluding hydrogens is 436 g/mol. The van der Waals surface area contributed by atoms with Crippen molar-refractivity contribution in [3.63, 3.8) is 0 Å². The summed E-state index contributed by atoms with van der Waals surface area (Å²) in [5.74, 6) is 2.16. The second kappa shape index (κ2) is 12.1. The van der Waals surface area contributed by atoms with Crippen LogP contribution in [-0.4, -0.2) is 53.9 Å². The topological polar surface area (TPSA) is 77.2 Å². The molecule has 1 aliphatic heterocycles. The maximum atomic E-state index is 13.3. The van der Waals surface area contributed by atoms with Gasteiger partial charge in [-0.05, 0) is 74.5 Å². The number of aromatic nitrogens is 1. The molecular formula is C29H44N4O2. The molecule has 35 heavy (non-hydrogen) atoms. The lowest BCUT2D eigenvalue weighted by Crippen LogP contribution is -2.50. The van der Waals surface area contributed by atoms with Crippen LogP contribution in [0.5, 0.6) is 0 Å². The van der Waals surface area contributed by atoms with Crippen LogP contribution < -0.4 is 10.6 Å². The van der Waals surface area contributed by atoms with E-state index in [1.54, 1.807) is 0 Å². The highest BCUT2D eigenvalue weighted by Gasteiger charge is 2.29. The molecule has 192 valence electrons. The molecule has 6 heteroatoms. The number of fused-ring (bicyclic) bond motifs is 1. The van der Waals surface area contributed by atoms with Gasteiger partial charge in [0.15, 0.2) is 0 Å². The zero-order valence-corrected chi connectivity index (χ0v) is 21.8. The third kappa shape index (κ3) is 7.09. The highest BCUT2D eigenvalue weighted by Crippen LogP contribution is 2.28. The Labute approximate surface area is 210 Å². The van der Waals surface area contributed by atoms with Crippen molar-refractivity contribution in [2.45, 2.75) is 71.8 Å². The Bertz CT molecular complexity index is 968. The summed E-state index contributed by atoms with van der Waals surface area (Å²) >= 11 is 0. The van der Waals surface area contributed by atoms with Gasteiger partial charge in [-0.25, -0.2) is 0 Å². The second-order valence-electron chi connectivity index (χ2n) is 11.4. The number of amides is 2. The van der Waals surface area contributed by atoms with Crippen LogP contribution in [0.4, 0.5) is 0 Å². The van der Waals surface area contributed by atoms with Crippen molar-refractivity contribution in [1.29, 1.82) is 0 Å². The second-order valence-corrected chi connectivity index (χ2v) is 11.4. The molecule has 1 aromatic carbocycles. The number of hydrogen-bond acceptors (Lipinski definition) is 3. The molecule has 2 aliphatic rings. The van der Waals surface area contributed by atoms with Gasteiger partial charge in [0.25, 0.3) is 0 Å². The van der Waals surface area contributed by atoms with Crippen molar-refractivity contribution < 1.29 is 9.59 Å². The van der Waals surface area contributed by atoms with E-state index in [4.69, 9.17) is 0 Å². The fourth-order valence-electron chi connectivity index (χ4n) is 6.15. The molecule has 1 saturated carbocycles. The number of para-hydroxylation sites is 1. The molecule has 1 aliphatic carbocycles. The lowest BCUT2D eigenvalue weighted by molar-refractivity contribution is -0.131. The van der Waals surface area contributed by atoms with E-state index in [-0.39, 0.29) is 17.7 Å². The van der Waals surface area contributed by atoms with Crippen molar-refractivity contribution in [1.82, 2.24) is 20.5 Å². The van der Waals surface area contributed by atoms with Crippen molar-refractivity contribution in [2.75, 3.05) is 26.2 Å². The van der Waals surface area contributed by atoms with E-state index in [0.29, 0.717) is 18.9 Å². The van der Waals surface area contributed by atoms with Crippen LogP contribution >= 0.6 is 0 Å². The summed E-state index contributed by atoms with van der Waals surface area (Å²) in [7, 11) is 0. The Hall–Kier alpha value is -2.34. The molecule has 1 saturated heterocycles. The summed E-state index contributed by atoms with van der Waals surface area (Å²) in [6.45, 7) is 10.9. The van der Waals surface area contributed by atoms with E-state index >= 15 is 0 Å². The normalized spacial score (nSPS) is 26.4. The summed E-state index contributed by atoms with van der Waals surface area (Å²) in [5, 5.41) is 7.37. The first kappa shape index (κ1) is 25.7. The monoisotopic (exact) mass is 480 g/mol. The van der Waals surface area contributed by atoms with Gasteiger partial charge in [0.2, 0.25) is 11.8 Å². The molecule has 3 unspecified atom stereocenters. The number of piperidine rings is 1. The van der Waals surface area contributed by atoms with E-state index in [2.05, 4.69) is 47.4 Å². The van der Waals surface area contributed by atoms with E-state index < -0.39 is 6.04 Å². The van der Waals surface area contributed by atoms with Crippen LogP contribution in [-0.2, 0) is 16.0 Å². The van der Waals surface area contributed by atoms with Crippen molar-refractivity contribution >= 4 is 22.7 Å². The molecule has 0 radical (unpaired) electrons. The number of nitrogens with zero attached hydrogens (tertiary/aromatic N) is 1. The first-order valence-corrected chi connectivity index (χ1v) is 13.7. The van der Waals surface area contributed by atoms with Crippen molar-refractivity contribution in [3.8, 4) is 0 Å². The molecule has 2 fully saturated rings. The minimum atomic E-state index is -0.559. The number of hydrogen-bond donors (Lipinski definition) is 3. The van der Waals surface area contributed by atoms with Crippen LogP contribution in [0.3, 0.4) is 0 Å². The molecule has 2 heterocycles. The van der Waals surface area contributed by atoms with Gasteiger partial charge in [-0.3, -0.25) is 9.59 Å². The first-order valence-electron chi connectivity index (χ1n) is 13.7. The van der Waals surface area contributed by atoms with Crippen molar-refractivity contribution in [2.24, 2.45) is 23.7 Å². The largest absolute Gasteiger partial charge is 0.361 e. The number of aromatic amines is 1. The number of carbonyl (C=O) groups excluding carboxylic acids is 2. The molecule has 0 bridgehead atoms. The van der Waals surface area contributed by atoms with E-state index in [1.165, 1.54) is 6.42 Å². The van der Waals surface area contributed by atoms with Gasteiger partial charge < -0.3 is 20.5 Å². The molecule has 2 aromatic rings. The Morgan fingerprint density at radius 1 is 1.03 bits per heavy atom. The molecule has 4 rings (SSSR count). The number of benzene rings is 1. The molecule has 3 atom stereocenters. The van der Waals surface area contributed by atoms with E-state index in [0.717, 1.165) is 80.0 Å². The highest BCUT2D eigenvalue weighted by molar-refractivity contribution is 5.90. The summed E-state index contributed by atoms with van der Waals surface area (Å²) in [5.41, 5.74) is 2.12. The van der Waals surface area contributed by atoms with Gasteiger partial charge in [-0.15, -0.1) is 0 Å². The zero-order valence-electron chi connectivity index (χ0n) is 21.8. The average molecular weight is 481 g/mol. The number of likely N-dealkylation sites (tertiary alicyclic amines) is 1. The van der Waals surface area contributed by atoms with Crippen LogP contribution in [0, 0.1) is 23.7 Å². The van der Waals surface area contributed by atoms with Crippen LogP contribution in [0.2, 0.25) is 0 Å². The van der Waals surface area contributed by atoms with Gasteiger partial charge >= 0.3 is 0 Å². The Morgan fingerprint density at radius 3 is 2.49 bits per heavy atom. The number of rotatable bonds is 9. The lowest BCUT2D eigenvalue weighted by atomic mass is 9.82. The summed E-state index contributed by atoms with van der Waals surface area (Å²) in [6.07, 6.45) is 8.71. The lowest BCUT2D eigenvalue weighted by Gasteiger charge is -2.35. The van der Waals surface area contributed by atoms with Gasteiger partial charge in [0.1, 0.15) is 6.04 Å². The highest BCUT2D eigenvalue weighted by atomic mass is 16.2. The third-order valence-electron chi connectivity index (χ3n) is 8.01. The maximum Gasteiger partial charge on any atom is 0.242 e. The first-order chi connectivity index (χ1) is 16.9. The smallest absolute Gasteiger partial charge is 0.242 e. The molecule has 6 nitrogen and oxygen atoms in total. The Kier molecular flexibility index (Phi) is 8.88. The number of H-pyrrole nitrogens is 1. The van der Waals surface area contributed by atoms with Gasteiger partial charge in [-0.1, -0.05) is 39.0 Å². The predicted molar refractivity (Wildman–Crippen MR) is 142 cm³/mol. The summed E-state index contributed by atoms with van der Waals surface area (Å²) in [6, 6.07) is 7.57. The Balaban J connectivity index is 1.35. The third-order valence-corrected chi connectivity index (χ3v) is 8.01. The predicted octanol–water partition coefficient (Wildman–Crippen LogP) is 4.51. The summed E-state index contributed by atoms with van der Waals surface area (Å²) < 4.78 is 0. The Morgan fingerprint density at radius 2 is 1.74 bits per heavy atom. The average Bonchev–Trinajstić information content (AvgIpc) is 3.24. The maximum absolute atomic E-state index is 13.3. The minimum Gasteiger partial charge on any atom is -0.361 e. The fraction of sp³-hybridized carbons (Fsp3) is 0.655. The zero-order chi connectivity index (χ0) is 24.8. The summed E-state index contributed by atoms with van der Waals surface area (Å²) in [4.78, 5) is 32.2. The number of carbonyl (C=O) groups is 2. The van der Waals surface area contributed by atoms with Crippen LogP contribution in [0.1, 0.15) is 64.9 Å². The standard InChI is InChI=1S/C29H44N4O2/c1-20-9-11-23(12-10-20)28(34)32-27(16-24-17-31-26-8-5-4-7-25(24)26)29(35)30-13-6-14-33-18-21(2)15-22(3)19-33/h4-5,7-8,17,20-23,27,31H,6,9-16,18-19H2,1-3H3,(H,30,35)(H,32,34). The van der Waals surface area contributed by atoms with Gasteiger partial charge in [0.05, 0.1) is 0 Å².